The lowest BCUT2D eigenvalue weighted by molar-refractivity contribution is 0.280. The molecule has 0 radical (unpaired) electrons. The van der Waals surface area contributed by atoms with Gasteiger partial charge in [0.15, 0.2) is 5.13 Å². The van der Waals surface area contributed by atoms with Crippen LogP contribution in [0, 0.1) is 5.41 Å². The monoisotopic (exact) mass is 239 g/mol. The molecule has 0 saturated carbocycles. The fourth-order valence-electron chi connectivity index (χ4n) is 2.00. The molecule has 3 nitrogen and oxygen atoms in total. The van der Waals surface area contributed by atoms with Crippen LogP contribution < -0.4 is 10.2 Å². The van der Waals surface area contributed by atoms with Gasteiger partial charge in [0, 0.05) is 30.7 Å². The van der Waals surface area contributed by atoms with E-state index in [1.54, 1.807) is 0 Å². The summed E-state index contributed by atoms with van der Waals surface area (Å²) >= 11 is 1.82. The van der Waals surface area contributed by atoms with Crippen molar-refractivity contribution in [2.45, 2.75) is 33.2 Å². The van der Waals surface area contributed by atoms with Gasteiger partial charge in [-0.25, -0.2) is 4.98 Å². The van der Waals surface area contributed by atoms with Gasteiger partial charge in [-0.15, -0.1) is 11.3 Å². The molecule has 1 N–H and O–H groups in total. The molecule has 0 aromatic carbocycles. The lowest BCUT2D eigenvalue weighted by Crippen LogP contribution is -2.37. The topological polar surface area (TPSA) is 28.2 Å². The molecule has 1 aromatic rings. The molecule has 2 rings (SSSR count). The number of rotatable bonds is 3. The molecule has 1 aliphatic heterocycles. The van der Waals surface area contributed by atoms with E-state index in [-0.39, 0.29) is 0 Å². The molecule has 1 aromatic heterocycles. The summed E-state index contributed by atoms with van der Waals surface area (Å²) in [6.07, 6.45) is 4.54. The van der Waals surface area contributed by atoms with Crippen LogP contribution in [0.2, 0.25) is 0 Å². The second-order valence-electron chi connectivity index (χ2n) is 5.29. The molecule has 1 saturated heterocycles. The summed E-state index contributed by atoms with van der Waals surface area (Å²) in [5.74, 6) is 0. The summed E-state index contributed by atoms with van der Waals surface area (Å²) in [6.45, 7) is 7.95. The number of aromatic nitrogens is 1. The highest BCUT2D eigenvalue weighted by atomic mass is 32.1. The highest BCUT2D eigenvalue weighted by molar-refractivity contribution is 7.15. The van der Waals surface area contributed by atoms with Crippen molar-refractivity contribution in [2.24, 2.45) is 5.41 Å². The molecule has 90 valence electrons. The van der Waals surface area contributed by atoms with Gasteiger partial charge in [-0.1, -0.05) is 13.8 Å². The smallest absolute Gasteiger partial charge is 0.185 e. The van der Waals surface area contributed by atoms with E-state index in [0.717, 1.165) is 19.6 Å². The van der Waals surface area contributed by atoms with Crippen LogP contribution in [0.4, 0.5) is 5.13 Å². The molecule has 4 heteroatoms. The Balaban J connectivity index is 1.97. The summed E-state index contributed by atoms with van der Waals surface area (Å²) in [5, 5.41) is 4.36. The molecule has 1 fully saturated rings. The predicted octanol–water partition coefficient (Wildman–Crippen LogP) is 2.49. The summed E-state index contributed by atoms with van der Waals surface area (Å²) in [5.41, 5.74) is 0.515. The van der Waals surface area contributed by atoms with Crippen molar-refractivity contribution in [1.82, 2.24) is 10.3 Å². The Bertz CT molecular complexity index is 336. The minimum Gasteiger partial charge on any atom is -0.348 e. The average molecular weight is 239 g/mol. The molecular formula is C12H21N3S. The maximum absolute atomic E-state index is 4.51. The van der Waals surface area contributed by atoms with Crippen LogP contribution in [0.25, 0.3) is 0 Å². The van der Waals surface area contributed by atoms with Crippen LogP contribution in [0.15, 0.2) is 6.20 Å². The minimum atomic E-state index is 0.515. The molecule has 0 bridgehead atoms. The lowest BCUT2D eigenvalue weighted by Gasteiger charge is -2.36. The number of anilines is 1. The van der Waals surface area contributed by atoms with E-state index in [1.807, 2.05) is 24.6 Å². The van der Waals surface area contributed by atoms with Crippen molar-refractivity contribution in [3.8, 4) is 0 Å². The third-order valence-electron chi connectivity index (χ3n) is 3.28. The SMILES string of the molecule is CNCc1cnc(N2CCC(C)(C)CC2)s1. The van der Waals surface area contributed by atoms with Crippen LogP contribution >= 0.6 is 11.3 Å². The Kier molecular flexibility index (Phi) is 3.50. The fraction of sp³-hybridized carbons (Fsp3) is 0.750. The zero-order valence-electron chi connectivity index (χ0n) is 10.4. The van der Waals surface area contributed by atoms with Crippen molar-refractivity contribution in [3.63, 3.8) is 0 Å². The quantitative estimate of drug-likeness (QED) is 0.878. The molecule has 0 unspecified atom stereocenters. The van der Waals surface area contributed by atoms with Gasteiger partial charge < -0.3 is 10.2 Å². The Morgan fingerprint density at radius 1 is 1.44 bits per heavy atom. The summed E-state index contributed by atoms with van der Waals surface area (Å²) in [6, 6.07) is 0. The Morgan fingerprint density at radius 3 is 2.75 bits per heavy atom. The van der Waals surface area contributed by atoms with Crippen LogP contribution in [-0.2, 0) is 6.54 Å². The molecule has 2 heterocycles. The van der Waals surface area contributed by atoms with Gasteiger partial charge in [-0.2, -0.15) is 0 Å². The zero-order valence-corrected chi connectivity index (χ0v) is 11.2. The third-order valence-corrected chi connectivity index (χ3v) is 4.34. The van der Waals surface area contributed by atoms with Crippen LogP contribution in [-0.4, -0.2) is 25.1 Å². The van der Waals surface area contributed by atoms with Crippen LogP contribution in [0.1, 0.15) is 31.6 Å². The summed E-state index contributed by atoms with van der Waals surface area (Å²) in [4.78, 5) is 8.26. The number of hydrogen-bond acceptors (Lipinski definition) is 4. The van der Waals surface area contributed by atoms with Gasteiger partial charge >= 0.3 is 0 Å². The Morgan fingerprint density at radius 2 is 2.12 bits per heavy atom. The van der Waals surface area contributed by atoms with Gasteiger partial charge in [0.25, 0.3) is 0 Å². The predicted molar refractivity (Wildman–Crippen MR) is 70.1 cm³/mol. The largest absolute Gasteiger partial charge is 0.348 e. The van der Waals surface area contributed by atoms with Gasteiger partial charge in [0.05, 0.1) is 0 Å². The third kappa shape index (κ3) is 2.74. The summed E-state index contributed by atoms with van der Waals surface area (Å²) in [7, 11) is 1.98. The molecular weight excluding hydrogens is 218 g/mol. The Hall–Kier alpha value is -0.610. The van der Waals surface area contributed by atoms with E-state index in [2.05, 4.69) is 29.0 Å². The van der Waals surface area contributed by atoms with E-state index >= 15 is 0 Å². The van der Waals surface area contributed by atoms with E-state index in [1.165, 1.54) is 22.9 Å². The number of hydrogen-bond donors (Lipinski definition) is 1. The highest BCUT2D eigenvalue weighted by Gasteiger charge is 2.26. The lowest BCUT2D eigenvalue weighted by atomic mass is 9.83. The summed E-state index contributed by atoms with van der Waals surface area (Å²) < 4.78 is 0. The number of thiazole rings is 1. The van der Waals surface area contributed by atoms with Crippen molar-refractivity contribution >= 4 is 16.5 Å². The van der Waals surface area contributed by atoms with Crippen LogP contribution in [0.5, 0.6) is 0 Å². The molecule has 1 aliphatic rings. The average Bonchev–Trinajstić information content (AvgIpc) is 2.67. The van der Waals surface area contributed by atoms with Crippen molar-refractivity contribution in [2.75, 3.05) is 25.0 Å². The standard InChI is InChI=1S/C12H21N3S/c1-12(2)4-6-15(7-5-12)11-14-9-10(16-11)8-13-3/h9,13H,4-8H2,1-3H3. The van der Waals surface area contributed by atoms with Crippen molar-refractivity contribution in [3.05, 3.63) is 11.1 Å². The minimum absolute atomic E-state index is 0.515. The fourth-order valence-corrected chi connectivity index (χ4v) is 2.98. The highest BCUT2D eigenvalue weighted by Crippen LogP contribution is 2.33. The van der Waals surface area contributed by atoms with Crippen LogP contribution in [0.3, 0.4) is 0 Å². The number of piperidine rings is 1. The van der Waals surface area contributed by atoms with E-state index < -0.39 is 0 Å². The Labute approximate surface area is 102 Å². The molecule has 0 atom stereocenters. The normalized spacial score (nSPS) is 20.1. The second kappa shape index (κ2) is 4.72. The molecule has 0 aliphatic carbocycles. The first-order valence-corrected chi connectivity index (χ1v) is 6.77. The maximum atomic E-state index is 4.51. The van der Waals surface area contributed by atoms with E-state index in [4.69, 9.17) is 0 Å². The van der Waals surface area contributed by atoms with Gasteiger partial charge in [-0.3, -0.25) is 0 Å². The number of nitrogens with one attached hydrogen (secondary N) is 1. The molecule has 0 amide bonds. The number of nitrogens with zero attached hydrogens (tertiary/aromatic N) is 2. The van der Waals surface area contributed by atoms with Crippen molar-refractivity contribution in [1.29, 1.82) is 0 Å². The zero-order chi connectivity index (χ0) is 11.6. The van der Waals surface area contributed by atoms with Crippen molar-refractivity contribution < 1.29 is 0 Å². The first-order valence-electron chi connectivity index (χ1n) is 5.95. The first kappa shape index (κ1) is 11.9. The van der Waals surface area contributed by atoms with Gasteiger partial charge in [0.1, 0.15) is 0 Å². The maximum Gasteiger partial charge on any atom is 0.185 e. The first-order chi connectivity index (χ1) is 7.61. The van der Waals surface area contributed by atoms with Gasteiger partial charge in [0.2, 0.25) is 0 Å². The van der Waals surface area contributed by atoms with E-state index in [9.17, 15) is 0 Å². The molecule has 16 heavy (non-hydrogen) atoms. The van der Waals surface area contributed by atoms with E-state index in [0.29, 0.717) is 5.41 Å². The molecule has 0 spiro atoms. The van der Waals surface area contributed by atoms with Gasteiger partial charge in [-0.05, 0) is 25.3 Å². The second-order valence-corrected chi connectivity index (χ2v) is 6.38.